The van der Waals surface area contributed by atoms with Crippen LogP contribution in [0.2, 0.25) is 0 Å². The molecule has 0 spiro atoms. The van der Waals surface area contributed by atoms with Gasteiger partial charge in [0.15, 0.2) is 0 Å². The molecule has 2 rings (SSSR count). The van der Waals surface area contributed by atoms with Crippen LogP contribution in [0.25, 0.3) is 0 Å². The summed E-state index contributed by atoms with van der Waals surface area (Å²) >= 11 is 0. The van der Waals surface area contributed by atoms with E-state index in [9.17, 15) is 4.39 Å². The van der Waals surface area contributed by atoms with E-state index in [1.54, 1.807) is 6.07 Å². The Balaban J connectivity index is 1.93. The van der Waals surface area contributed by atoms with Crippen LogP contribution in [0, 0.1) is 33.9 Å². The van der Waals surface area contributed by atoms with Gasteiger partial charge in [0.05, 0.1) is 11.6 Å². The van der Waals surface area contributed by atoms with Crippen molar-refractivity contribution in [1.29, 1.82) is 5.26 Å². The van der Waals surface area contributed by atoms with Crippen LogP contribution in [0.5, 0.6) is 0 Å². The molecule has 0 bridgehead atoms. The Morgan fingerprint density at radius 2 is 1.89 bits per heavy atom. The number of rotatable bonds is 4. The minimum Gasteiger partial charge on any atom is -0.312 e. The molecule has 1 N–H and O–H groups in total. The number of hydrogen-bond donors (Lipinski definition) is 1. The normalized spacial score (nSPS) is 20.0. The maximum Gasteiger partial charge on any atom is 0.127 e. The van der Waals surface area contributed by atoms with Gasteiger partial charge in [-0.1, -0.05) is 27.7 Å². The predicted octanol–water partition coefficient (Wildman–Crippen LogP) is 3.47. The number of nitrogens with one attached hydrogen (secondary N) is 1. The van der Waals surface area contributed by atoms with Gasteiger partial charge in [-0.25, -0.2) is 4.39 Å². The summed E-state index contributed by atoms with van der Waals surface area (Å²) in [7, 11) is 0. The molecule has 0 amide bonds. The number of nitriles is 1. The van der Waals surface area contributed by atoms with Crippen molar-refractivity contribution in [3.05, 3.63) is 35.1 Å². The maximum atomic E-state index is 13.6. The fourth-order valence-corrected chi connectivity index (χ4v) is 2.97. The second-order valence-electron chi connectivity index (χ2n) is 6.54. The van der Waals surface area contributed by atoms with E-state index in [1.807, 2.05) is 6.07 Å². The van der Waals surface area contributed by atoms with Crippen LogP contribution in [0.4, 0.5) is 4.39 Å². The van der Waals surface area contributed by atoms with Gasteiger partial charge in [0.25, 0.3) is 0 Å². The molecule has 102 valence electrons. The summed E-state index contributed by atoms with van der Waals surface area (Å²) in [6.07, 6.45) is 0. The highest BCUT2D eigenvalue weighted by molar-refractivity contribution is 5.33. The molecule has 1 aromatic carbocycles. The SMILES string of the molecule is CC1(C)C(CNCc2cc(C#N)ccc2F)C1(C)C. The van der Waals surface area contributed by atoms with Gasteiger partial charge in [-0.15, -0.1) is 0 Å². The lowest BCUT2D eigenvalue weighted by atomic mass is 10.0. The van der Waals surface area contributed by atoms with Crippen molar-refractivity contribution >= 4 is 0 Å². The monoisotopic (exact) mass is 260 g/mol. The first-order valence-electron chi connectivity index (χ1n) is 6.70. The molecule has 19 heavy (non-hydrogen) atoms. The van der Waals surface area contributed by atoms with E-state index < -0.39 is 0 Å². The van der Waals surface area contributed by atoms with Crippen LogP contribution in [0.3, 0.4) is 0 Å². The zero-order valence-electron chi connectivity index (χ0n) is 12.0. The Morgan fingerprint density at radius 1 is 1.26 bits per heavy atom. The van der Waals surface area contributed by atoms with E-state index in [0.717, 1.165) is 6.54 Å². The molecule has 0 aromatic heterocycles. The molecular weight excluding hydrogens is 239 g/mol. The van der Waals surface area contributed by atoms with Crippen LogP contribution in [-0.2, 0) is 6.54 Å². The van der Waals surface area contributed by atoms with Crippen LogP contribution in [0.1, 0.15) is 38.8 Å². The Kier molecular flexibility index (Phi) is 3.40. The zero-order valence-corrected chi connectivity index (χ0v) is 12.0. The highest BCUT2D eigenvalue weighted by Crippen LogP contribution is 2.67. The Labute approximate surface area is 114 Å². The summed E-state index contributed by atoms with van der Waals surface area (Å²) in [6.45, 7) is 10.5. The first-order valence-corrected chi connectivity index (χ1v) is 6.70. The first-order chi connectivity index (χ1) is 8.80. The predicted molar refractivity (Wildman–Crippen MR) is 73.9 cm³/mol. The molecule has 2 nitrogen and oxygen atoms in total. The fraction of sp³-hybridized carbons (Fsp3) is 0.562. The van der Waals surface area contributed by atoms with Crippen molar-refractivity contribution in [3.63, 3.8) is 0 Å². The van der Waals surface area contributed by atoms with E-state index in [-0.39, 0.29) is 5.82 Å². The molecule has 1 aliphatic carbocycles. The molecule has 1 aliphatic rings. The van der Waals surface area contributed by atoms with Crippen LogP contribution >= 0.6 is 0 Å². The summed E-state index contributed by atoms with van der Waals surface area (Å²) in [5, 5.41) is 12.1. The lowest BCUT2D eigenvalue weighted by Gasteiger charge is -2.07. The van der Waals surface area contributed by atoms with E-state index in [1.165, 1.54) is 12.1 Å². The standard InChI is InChI=1S/C16H21FN2/c1-15(2)14(16(15,3)4)10-19-9-12-7-11(8-18)5-6-13(12)17/h5-7,14,19H,9-10H2,1-4H3. The minimum absolute atomic E-state index is 0.249. The topological polar surface area (TPSA) is 35.8 Å². The summed E-state index contributed by atoms with van der Waals surface area (Å²) < 4.78 is 13.6. The van der Waals surface area contributed by atoms with Crippen molar-refractivity contribution < 1.29 is 4.39 Å². The zero-order chi connectivity index (χ0) is 14.3. The molecule has 1 fully saturated rings. The molecule has 0 radical (unpaired) electrons. The molecule has 3 heteroatoms. The number of hydrogen-bond acceptors (Lipinski definition) is 2. The minimum atomic E-state index is -0.249. The van der Waals surface area contributed by atoms with Crippen molar-refractivity contribution in [1.82, 2.24) is 5.32 Å². The maximum absolute atomic E-state index is 13.6. The van der Waals surface area contributed by atoms with Crippen LogP contribution in [-0.4, -0.2) is 6.54 Å². The van der Waals surface area contributed by atoms with Gasteiger partial charge in [0, 0.05) is 12.1 Å². The molecule has 1 aromatic rings. The first kappa shape index (κ1) is 14.0. The number of benzene rings is 1. The van der Waals surface area contributed by atoms with Crippen molar-refractivity contribution in [2.24, 2.45) is 16.7 Å². The van der Waals surface area contributed by atoms with Gasteiger partial charge < -0.3 is 5.32 Å². The second kappa shape index (κ2) is 4.61. The summed E-state index contributed by atoms with van der Waals surface area (Å²) in [4.78, 5) is 0. The van der Waals surface area contributed by atoms with Gasteiger partial charge in [0.2, 0.25) is 0 Å². The van der Waals surface area contributed by atoms with E-state index in [4.69, 9.17) is 5.26 Å². The number of nitrogens with zero attached hydrogens (tertiary/aromatic N) is 1. The average Bonchev–Trinajstić information content (AvgIpc) is 2.73. The van der Waals surface area contributed by atoms with Gasteiger partial charge >= 0.3 is 0 Å². The fourth-order valence-electron chi connectivity index (χ4n) is 2.97. The van der Waals surface area contributed by atoms with Crippen molar-refractivity contribution in [3.8, 4) is 6.07 Å². The smallest absolute Gasteiger partial charge is 0.127 e. The third-order valence-corrected chi connectivity index (χ3v) is 5.16. The van der Waals surface area contributed by atoms with Gasteiger partial charge in [-0.2, -0.15) is 5.26 Å². The Morgan fingerprint density at radius 3 is 2.42 bits per heavy atom. The largest absolute Gasteiger partial charge is 0.312 e. The lowest BCUT2D eigenvalue weighted by molar-refractivity contribution is 0.457. The quantitative estimate of drug-likeness (QED) is 0.899. The van der Waals surface area contributed by atoms with Crippen LogP contribution in [0.15, 0.2) is 18.2 Å². The molecule has 0 atom stereocenters. The van der Waals surface area contributed by atoms with E-state index in [0.29, 0.717) is 34.4 Å². The van der Waals surface area contributed by atoms with Gasteiger partial charge in [-0.3, -0.25) is 0 Å². The van der Waals surface area contributed by atoms with Crippen molar-refractivity contribution in [2.75, 3.05) is 6.54 Å². The van der Waals surface area contributed by atoms with Gasteiger partial charge in [-0.05, 0) is 41.5 Å². The van der Waals surface area contributed by atoms with Crippen LogP contribution < -0.4 is 5.32 Å². The molecule has 0 heterocycles. The van der Waals surface area contributed by atoms with Crippen molar-refractivity contribution in [2.45, 2.75) is 34.2 Å². The highest BCUT2D eigenvalue weighted by atomic mass is 19.1. The molecule has 0 unspecified atom stereocenters. The Hall–Kier alpha value is -1.40. The highest BCUT2D eigenvalue weighted by Gasteiger charge is 2.63. The van der Waals surface area contributed by atoms with Gasteiger partial charge in [0.1, 0.15) is 5.82 Å². The van der Waals surface area contributed by atoms with E-state index in [2.05, 4.69) is 33.0 Å². The Bertz CT molecular complexity index is 512. The number of halogens is 1. The third-order valence-electron chi connectivity index (χ3n) is 5.16. The lowest BCUT2D eigenvalue weighted by Crippen LogP contribution is -2.19. The summed E-state index contributed by atoms with van der Waals surface area (Å²) in [5.41, 5.74) is 1.75. The molecule has 1 saturated carbocycles. The van der Waals surface area contributed by atoms with E-state index >= 15 is 0 Å². The molecule has 0 saturated heterocycles. The second-order valence-corrected chi connectivity index (χ2v) is 6.54. The average molecular weight is 260 g/mol. The summed E-state index contributed by atoms with van der Waals surface area (Å²) in [5.74, 6) is 0.364. The third kappa shape index (κ3) is 2.37. The molecule has 0 aliphatic heterocycles. The molecular formula is C16H21FN2. The summed E-state index contributed by atoms with van der Waals surface area (Å²) in [6, 6.07) is 6.52.